The van der Waals surface area contributed by atoms with Crippen LogP contribution in [0.3, 0.4) is 0 Å². The van der Waals surface area contributed by atoms with Gasteiger partial charge in [0.25, 0.3) is 5.91 Å². The summed E-state index contributed by atoms with van der Waals surface area (Å²) in [6, 6.07) is 6.27. The summed E-state index contributed by atoms with van der Waals surface area (Å²) in [5, 5.41) is 4.34. The third-order valence-electron chi connectivity index (χ3n) is 5.64. The predicted octanol–water partition coefficient (Wildman–Crippen LogP) is 1.29. The summed E-state index contributed by atoms with van der Waals surface area (Å²) >= 11 is 0. The van der Waals surface area contributed by atoms with Crippen molar-refractivity contribution in [2.45, 2.75) is 44.8 Å². The van der Waals surface area contributed by atoms with Crippen LogP contribution in [-0.4, -0.2) is 47.7 Å². The van der Waals surface area contributed by atoms with Gasteiger partial charge in [-0.25, -0.2) is 9.59 Å². The molecule has 3 rings (SSSR count). The first-order valence-corrected chi connectivity index (χ1v) is 10.00. The van der Waals surface area contributed by atoms with Crippen molar-refractivity contribution < 1.29 is 28.7 Å². The minimum absolute atomic E-state index is 0.354. The average Bonchev–Trinajstić information content (AvgIpc) is 3.02. The summed E-state index contributed by atoms with van der Waals surface area (Å²) in [7, 11) is 1.35. The lowest BCUT2D eigenvalue weighted by molar-refractivity contribution is -0.165. The van der Waals surface area contributed by atoms with Gasteiger partial charge >= 0.3 is 12.0 Å². The maximum absolute atomic E-state index is 12.8. The molecule has 2 N–H and O–H groups in total. The summed E-state index contributed by atoms with van der Waals surface area (Å²) in [5.41, 5.74) is 0.354. The highest BCUT2D eigenvalue weighted by atomic mass is 16.6. The van der Waals surface area contributed by atoms with Crippen LogP contribution in [0.2, 0.25) is 0 Å². The lowest BCUT2D eigenvalue weighted by atomic mass is 9.81. The number of carbonyl (C=O) groups excluding carboxylic acids is 5. The van der Waals surface area contributed by atoms with Gasteiger partial charge in [0.1, 0.15) is 6.04 Å². The molecule has 30 heavy (non-hydrogen) atoms. The minimum atomic E-state index is -1.41. The Morgan fingerprint density at radius 3 is 2.13 bits per heavy atom. The van der Waals surface area contributed by atoms with Gasteiger partial charge in [0.2, 0.25) is 17.9 Å². The fourth-order valence-electron chi connectivity index (χ4n) is 4.03. The van der Waals surface area contributed by atoms with Crippen molar-refractivity contribution in [3.63, 3.8) is 0 Å². The normalized spacial score (nSPS) is 22.7. The summed E-state index contributed by atoms with van der Waals surface area (Å²) in [4.78, 5) is 63.3. The SMILES string of the molecule is CNC(=O)NC(=O)[C@H](OC(=O)[C@H](C)N1C(=O)[C@H]2CCCC[C@@H]2C1=O)c1ccccc1. The Balaban J connectivity index is 1.78. The zero-order valence-corrected chi connectivity index (χ0v) is 16.9. The monoisotopic (exact) mass is 415 g/mol. The van der Waals surface area contributed by atoms with Crippen LogP contribution in [0.25, 0.3) is 0 Å². The highest BCUT2D eigenvalue weighted by molar-refractivity contribution is 6.08. The summed E-state index contributed by atoms with van der Waals surface area (Å²) < 4.78 is 5.39. The maximum Gasteiger partial charge on any atom is 0.330 e. The molecule has 1 heterocycles. The molecule has 9 nitrogen and oxygen atoms in total. The van der Waals surface area contributed by atoms with E-state index in [1.54, 1.807) is 30.3 Å². The number of benzene rings is 1. The molecule has 1 saturated carbocycles. The zero-order valence-electron chi connectivity index (χ0n) is 16.9. The molecule has 2 fully saturated rings. The number of likely N-dealkylation sites (tertiary alicyclic amines) is 1. The maximum atomic E-state index is 12.8. The van der Waals surface area contributed by atoms with Gasteiger partial charge in [-0.15, -0.1) is 0 Å². The van der Waals surface area contributed by atoms with Crippen molar-refractivity contribution >= 4 is 29.7 Å². The Hall–Kier alpha value is -3.23. The van der Waals surface area contributed by atoms with E-state index >= 15 is 0 Å². The Morgan fingerprint density at radius 2 is 1.60 bits per heavy atom. The van der Waals surface area contributed by atoms with E-state index < -0.39 is 30.1 Å². The number of nitrogens with zero attached hydrogens (tertiary/aromatic N) is 1. The van der Waals surface area contributed by atoms with Crippen molar-refractivity contribution in [3.8, 4) is 0 Å². The van der Waals surface area contributed by atoms with Crippen LogP contribution in [0.4, 0.5) is 4.79 Å². The number of hydrogen-bond acceptors (Lipinski definition) is 6. The first-order chi connectivity index (χ1) is 14.3. The van der Waals surface area contributed by atoms with E-state index in [-0.39, 0.29) is 23.7 Å². The number of ether oxygens (including phenoxy) is 1. The second-order valence-electron chi connectivity index (χ2n) is 7.52. The molecular weight excluding hydrogens is 390 g/mol. The molecule has 0 unspecified atom stereocenters. The zero-order chi connectivity index (χ0) is 21.8. The Labute approximate surface area is 174 Å². The number of esters is 1. The third kappa shape index (κ3) is 4.19. The molecule has 0 radical (unpaired) electrons. The molecule has 5 amide bonds. The van der Waals surface area contributed by atoms with E-state index in [1.165, 1.54) is 14.0 Å². The first kappa shape index (κ1) is 21.5. The van der Waals surface area contributed by atoms with Crippen molar-refractivity contribution in [1.29, 1.82) is 0 Å². The van der Waals surface area contributed by atoms with Gasteiger partial charge in [-0.3, -0.25) is 24.6 Å². The molecule has 1 saturated heterocycles. The third-order valence-corrected chi connectivity index (χ3v) is 5.64. The number of hydrogen-bond donors (Lipinski definition) is 2. The second-order valence-corrected chi connectivity index (χ2v) is 7.52. The lowest BCUT2D eigenvalue weighted by Crippen LogP contribution is -2.46. The molecule has 1 aliphatic heterocycles. The van der Waals surface area contributed by atoms with Crippen LogP contribution in [0, 0.1) is 11.8 Å². The number of carbonyl (C=O) groups is 5. The van der Waals surface area contributed by atoms with Crippen LogP contribution in [0.1, 0.15) is 44.3 Å². The fourth-order valence-corrected chi connectivity index (χ4v) is 4.03. The number of amides is 5. The predicted molar refractivity (Wildman–Crippen MR) is 105 cm³/mol. The van der Waals surface area contributed by atoms with Crippen LogP contribution < -0.4 is 10.6 Å². The van der Waals surface area contributed by atoms with Crippen LogP contribution in [0.15, 0.2) is 30.3 Å². The number of imide groups is 2. The van der Waals surface area contributed by atoms with Gasteiger partial charge in [0.15, 0.2) is 0 Å². The van der Waals surface area contributed by atoms with E-state index in [1.807, 2.05) is 0 Å². The number of urea groups is 1. The number of fused-ring (bicyclic) bond motifs is 1. The standard InChI is InChI=1S/C21H25N3O6/c1-12(24-18(26)14-10-6-7-11-15(14)19(24)27)20(28)30-16(13-8-4-3-5-9-13)17(25)23-21(29)22-2/h3-5,8-9,12,14-16H,6-7,10-11H2,1-2H3,(H2,22,23,25,29)/t12-,14-,15-,16+/m0/s1. The van der Waals surface area contributed by atoms with Gasteiger partial charge in [0, 0.05) is 12.6 Å². The van der Waals surface area contributed by atoms with Crippen molar-refractivity contribution in [2.24, 2.45) is 11.8 Å². The number of nitrogens with one attached hydrogen (secondary N) is 2. The van der Waals surface area contributed by atoms with Gasteiger partial charge in [-0.05, 0) is 19.8 Å². The summed E-state index contributed by atoms with van der Waals surface area (Å²) in [6.07, 6.45) is 1.61. The Morgan fingerprint density at radius 1 is 1.03 bits per heavy atom. The van der Waals surface area contributed by atoms with Crippen molar-refractivity contribution in [3.05, 3.63) is 35.9 Å². The molecule has 1 aromatic carbocycles. The molecule has 0 bridgehead atoms. The van der Waals surface area contributed by atoms with Gasteiger partial charge in [-0.2, -0.15) is 0 Å². The lowest BCUT2D eigenvalue weighted by Gasteiger charge is -2.24. The quantitative estimate of drug-likeness (QED) is 0.552. The molecule has 0 aromatic heterocycles. The Bertz CT molecular complexity index is 832. The van der Waals surface area contributed by atoms with Gasteiger partial charge in [0.05, 0.1) is 11.8 Å². The topological polar surface area (TPSA) is 122 Å². The van der Waals surface area contributed by atoms with E-state index in [9.17, 15) is 24.0 Å². The highest BCUT2D eigenvalue weighted by Crippen LogP contribution is 2.39. The Kier molecular flexibility index (Phi) is 6.49. The van der Waals surface area contributed by atoms with E-state index in [2.05, 4.69) is 10.6 Å². The first-order valence-electron chi connectivity index (χ1n) is 10.00. The highest BCUT2D eigenvalue weighted by Gasteiger charge is 2.51. The van der Waals surface area contributed by atoms with E-state index in [0.717, 1.165) is 17.7 Å². The second kappa shape index (κ2) is 9.06. The molecule has 1 aromatic rings. The fraction of sp³-hybridized carbons (Fsp3) is 0.476. The summed E-state index contributed by atoms with van der Waals surface area (Å²) in [5.74, 6) is -3.23. The molecule has 160 valence electrons. The molecule has 1 aliphatic carbocycles. The minimum Gasteiger partial charge on any atom is -0.446 e. The molecule has 0 spiro atoms. The average molecular weight is 415 g/mol. The van der Waals surface area contributed by atoms with Crippen molar-refractivity contribution in [1.82, 2.24) is 15.5 Å². The van der Waals surface area contributed by atoms with Crippen LogP contribution in [-0.2, 0) is 23.9 Å². The number of rotatable bonds is 5. The molecule has 4 atom stereocenters. The summed E-state index contributed by atoms with van der Waals surface area (Å²) in [6.45, 7) is 1.41. The van der Waals surface area contributed by atoms with Gasteiger partial charge < -0.3 is 10.1 Å². The molecule has 2 aliphatic rings. The van der Waals surface area contributed by atoms with E-state index in [0.29, 0.717) is 18.4 Å². The van der Waals surface area contributed by atoms with Crippen LogP contribution in [0.5, 0.6) is 0 Å². The van der Waals surface area contributed by atoms with E-state index in [4.69, 9.17) is 4.74 Å². The molecule has 9 heteroatoms. The van der Waals surface area contributed by atoms with Crippen LogP contribution >= 0.6 is 0 Å². The molecular formula is C21H25N3O6. The smallest absolute Gasteiger partial charge is 0.330 e. The van der Waals surface area contributed by atoms with Crippen molar-refractivity contribution in [2.75, 3.05) is 7.05 Å². The van der Waals surface area contributed by atoms with Gasteiger partial charge in [-0.1, -0.05) is 43.2 Å². The largest absolute Gasteiger partial charge is 0.446 e.